The van der Waals surface area contributed by atoms with Gasteiger partial charge in [0.25, 0.3) is 5.91 Å². The fourth-order valence-electron chi connectivity index (χ4n) is 3.90. The average molecular weight is 341 g/mol. The molecule has 1 aliphatic carbocycles. The van der Waals surface area contributed by atoms with Crippen LogP contribution >= 0.6 is 0 Å². The van der Waals surface area contributed by atoms with Gasteiger partial charge in [0, 0.05) is 24.6 Å². The van der Waals surface area contributed by atoms with Crippen LogP contribution in [0.5, 0.6) is 0 Å². The van der Waals surface area contributed by atoms with Crippen molar-refractivity contribution in [1.82, 2.24) is 15.0 Å². The summed E-state index contributed by atoms with van der Waals surface area (Å²) in [6.07, 6.45) is 4.63. The van der Waals surface area contributed by atoms with Crippen molar-refractivity contribution in [3.05, 3.63) is 36.2 Å². The third kappa shape index (κ3) is 3.18. The van der Waals surface area contributed by atoms with E-state index < -0.39 is 5.60 Å². The van der Waals surface area contributed by atoms with E-state index in [-0.39, 0.29) is 11.8 Å². The molecule has 0 unspecified atom stereocenters. The minimum absolute atomic E-state index is 0.0982. The number of amides is 1. The zero-order chi connectivity index (χ0) is 17.3. The van der Waals surface area contributed by atoms with E-state index in [0.717, 1.165) is 31.2 Å². The number of carbonyl (C=O) groups excluding carboxylic acids is 1. The molecular formula is C19H23N3O3. The molecule has 4 rings (SSSR count). The van der Waals surface area contributed by atoms with Gasteiger partial charge in [-0.05, 0) is 38.5 Å². The Morgan fingerprint density at radius 2 is 1.84 bits per heavy atom. The fourth-order valence-corrected chi connectivity index (χ4v) is 3.90. The molecule has 2 heterocycles. The van der Waals surface area contributed by atoms with Crippen molar-refractivity contribution < 1.29 is 14.4 Å². The Labute approximate surface area is 146 Å². The number of carbonyl (C=O) groups is 1. The van der Waals surface area contributed by atoms with Crippen LogP contribution < -0.4 is 0 Å². The van der Waals surface area contributed by atoms with Gasteiger partial charge in [0.15, 0.2) is 0 Å². The molecule has 1 amide bonds. The molecular weight excluding hydrogens is 318 g/mol. The molecule has 2 fully saturated rings. The number of likely N-dealkylation sites (tertiary alicyclic amines) is 1. The number of benzene rings is 1. The predicted octanol–water partition coefficient (Wildman–Crippen LogP) is 2.75. The highest BCUT2D eigenvalue weighted by atomic mass is 16.5. The third-order valence-corrected chi connectivity index (χ3v) is 5.43. The first-order chi connectivity index (χ1) is 12.2. The molecule has 1 aromatic carbocycles. The first kappa shape index (κ1) is 16.3. The average Bonchev–Trinajstić information content (AvgIpc) is 3.32. The SMILES string of the molecule is O=C(N1CCC(c2nc(-c3ccccc3)no2)CC1)C1(O)CCCC1. The summed E-state index contributed by atoms with van der Waals surface area (Å²) in [5.41, 5.74) is -0.189. The second-order valence-corrected chi connectivity index (χ2v) is 7.13. The Kier molecular flexibility index (Phi) is 4.29. The Morgan fingerprint density at radius 3 is 2.52 bits per heavy atom. The van der Waals surface area contributed by atoms with E-state index in [1.165, 1.54) is 0 Å². The van der Waals surface area contributed by atoms with Gasteiger partial charge in [-0.25, -0.2) is 0 Å². The van der Waals surface area contributed by atoms with E-state index in [9.17, 15) is 9.90 Å². The quantitative estimate of drug-likeness (QED) is 0.928. The zero-order valence-corrected chi connectivity index (χ0v) is 14.2. The minimum atomic E-state index is -1.13. The summed E-state index contributed by atoms with van der Waals surface area (Å²) >= 11 is 0. The summed E-state index contributed by atoms with van der Waals surface area (Å²) in [5.74, 6) is 1.33. The van der Waals surface area contributed by atoms with Crippen LogP contribution in [-0.4, -0.2) is 44.7 Å². The topological polar surface area (TPSA) is 79.5 Å². The number of hydrogen-bond acceptors (Lipinski definition) is 5. The summed E-state index contributed by atoms with van der Waals surface area (Å²) < 4.78 is 5.46. The van der Waals surface area contributed by atoms with Gasteiger partial charge in [0.05, 0.1) is 0 Å². The molecule has 2 aliphatic rings. The zero-order valence-electron chi connectivity index (χ0n) is 14.2. The van der Waals surface area contributed by atoms with Crippen molar-refractivity contribution in [2.24, 2.45) is 0 Å². The van der Waals surface area contributed by atoms with Crippen LogP contribution in [0.1, 0.15) is 50.3 Å². The lowest BCUT2D eigenvalue weighted by atomic mass is 9.93. The van der Waals surface area contributed by atoms with Crippen molar-refractivity contribution in [2.45, 2.75) is 50.0 Å². The first-order valence-electron chi connectivity index (χ1n) is 9.06. The molecule has 2 aromatic rings. The van der Waals surface area contributed by atoms with Crippen molar-refractivity contribution >= 4 is 5.91 Å². The molecule has 1 saturated carbocycles. The molecule has 0 bridgehead atoms. The number of rotatable bonds is 3. The van der Waals surface area contributed by atoms with Crippen molar-refractivity contribution in [3.63, 3.8) is 0 Å². The molecule has 1 N–H and O–H groups in total. The lowest BCUT2D eigenvalue weighted by Crippen LogP contribution is -2.49. The Bertz CT molecular complexity index is 729. The maximum absolute atomic E-state index is 12.6. The Hall–Kier alpha value is -2.21. The normalized spacial score (nSPS) is 20.8. The van der Waals surface area contributed by atoms with E-state index in [0.29, 0.717) is 37.6 Å². The molecule has 6 nitrogen and oxygen atoms in total. The predicted molar refractivity (Wildman–Crippen MR) is 91.7 cm³/mol. The minimum Gasteiger partial charge on any atom is -0.380 e. The van der Waals surface area contributed by atoms with Crippen molar-refractivity contribution in [3.8, 4) is 11.4 Å². The number of aromatic nitrogens is 2. The van der Waals surface area contributed by atoms with Gasteiger partial charge in [0.2, 0.25) is 11.7 Å². The monoisotopic (exact) mass is 341 g/mol. The first-order valence-corrected chi connectivity index (χ1v) is 9.06. The van der Waals surface area contributed by atoms with E-state index in [2.05, 4.69) is 10.1 Å². The highest BCUT2D eigenvalue weighted by Crippen LogP contribution is 2.34. The molecule has 0 atom stereocenters. The van der Waals surface area contributed by atoms with Crippen molar-refractivity contribution in [2.75, 3.05) is 13.1 Å². The van der Waals surface area contributed by atoms with Gasteiger partial charge in [-0.15, -0.1) is 0 Å². The molecule has 0 spiro atoms. The maximum atomic E-state index is 12.6. The summed E-state index contributed by atoms with van der Waals surface area (Å²) in [6.45, 7) is 1.27. The van der Waals surface area contributed by atoms with Crippen LogP contribution in [0.4, 0.5) is 0 Å². The van der Waals surface area contributed by atoms with Crippen LogP contribution in [0.15, 0.2) is 34.9 Å². The summed E-state index contributed by atoms with van der Waals surface area (Å²) in [4.78, 5) is 18.9. The van der Waals surface area contributed by atoms with Gasteiger partial charge in [-0.1, -0.05) is 35.5 Å². The molecule has 25 heavy (non-hydrogen) atoms. The largest absolute Gasteiger partial charge is 0.380 e. The van der Waals surface area contributed by atoms with E-state index in [1.807, 2.05) is 30.3 Å². The standard InChI is InChI=1S/C19H23N3O3/c23-18(19(24)10-4-5-11-19)22-12-8-15(9-13-22)17-20-16(21-25-17)14-6-2-1-3-7-14/h1-3,6-7,15,24H,4-5,8-13H2. The van der Waals surface area contributed by atoms with E-state index in [4.69, 9.17) is 4.52 Å². The summed E-state index contributed by atoms with van der Waals surface area (Å²) in [6, 6.07) is 9.76. The van der Waals surface area contributed by atoms with E-state index in [1.54, 1.807) is 4.90 Å². The van der Waals surface area contributed by atoms with Crippen molar-refractivity contribution in [1.29, 1.82) is 0 Å². The van der Waals surface area contributed by atoms with E-state index >= 15 is 0 Å². The third-order valence-electron chi connectivity index (χ3n) is 5.43. The number of piperidine rings is 1. The second-order valence-electron chi connectivity index (χ2n) is 7.13. The van der Waals surface area contributed by atoms with Gasteiger partial charge in [0.1, 0.15) is 5.60 Å². The lowest BCUT2D eigenvalue weighted by molar-refractivity contribution is -0.151. The second kappa shape index (κ2) is 6.59. The summed E-state index contributed by atoms with van der Waals surface area (Å²) in [5, 5.41) is 14.6. The Morgan fingerprint density at radius 1 is 1.16 bits per heavy atom. The van der Waals surface area contributed by atoms with Gasteiger partial charge < -0.3 is 14.5 Å². The van der Waals surface area contributed by atoms with Crippen LogP contribution in [-0.2, 0) is 4.79 Å². The summed E-state index contributed by atoms with van der Waals surface area (Å²) in [7, 11) is 0. The van der Waals surface area contributed by atoms with Crippen LogP contribution in [0.2, 0.25) is 0 Å². The molecule has 1 aliphatic heterocycles. The highest BCUT2D eigenvalue weighted by molar-refractivity contribution is 5.85. The lowest BCUT2D eigenvalue weighted by Gasteiger charge is -2.35. The highest BCUT2D eigenvalue weighted by Gasteiger charge is 2.42. The fraction of sp³-hybridized carbons (Fsp3) is 0.526. The van der Waals surface area contributed by atoms with Crippen LogP contribution in [0, 0.1) is 0 Å². The molecule has 1 aromatic heterocycles. The van der Waals surface area contributed by atoms with Crippen LogP contribution in [0.3, 0.4) is 0 Å². The van der Waals surface area contributed by atoms with Gasteiger partial charge in [-0.2, -0.15) is 4.98 Å². The maximum Gasteiger partial charge on any atom is 0.254 e. The number of aliphatic hydroxyl groups is 1. The van der Waals surface area contributed by atoms with Gasteiger partial charge >= 0.3 is 0 Å². The molecule has 132 valence electrons. The van der Waals surface area contributed by atoms with Crippen LogP contribution in [0.25, 0.3) is 11.4 Å². The molecule has 6 heteroatoms. The molecule has 1 saturated heterocycles. The Balaban J connectivity index is 1.39. The number of hydrogen-bond donors (Lipinski definition) is 1. The van der Waals surface area contributed by atoms with Gasteiger partial charge in [-0.3, -0.25) is 4.79 Å². The molecule has 0 radical (unpaired) electrons. The smallest absolute Gasteiger partial charge is 0.254 e. The number of nitrogens with zero attached hydrogens (tertiary/aromatic N) is 3.